The average Bonchev–Trinajstić information content (AvgIpc) is 2.12. The number of aromatic hydroxyl groups is 3. The third-order valence-corrected chi connectivity index (χ3v) is 1.84. The highest BCUT2D eigenvalue weighted by Gasteiger charge is 2.16. The summed E-state index contributed by atoms with van der Waals surface area (Å²) < 4.78 is 0. The molecule has 1 aromatic rings. The lowest BCUT2D eigenvalue weighted by Crippen LogP contribution is -2.05. The third-order valence-electron chi connectivity index (χ3n) is 1.84. The smallest absolute Gasteiger partial charge is 0.306 e. The number of hydrogen-bond donors (Lipinski definition) is 5. The Hall–Kier alpha value is -1.95. The van der Waals surface area contributed by atoms with Crippen molar-refractivity contribution >= 4 is 5.97 Å². The maximum atomic E-state index is 10.3. The van der Waals surface area contributed by atoms with E-state index in [2.05, 4.69) is 0 Å². The van der Waals surface area contributed by atoms with Gasteiger partial charge in [0.1, 0.15) is 0 Å². The van der Waals surface area contributed by atoms with Gasteiger partial charge < -0.3 is 25.5 Å². The summed E-state index contributed by atoms with van der Waals surface area (Å²) in [6.07, 6.45) is -1.90. The lowest BCUT2D eigenvalue weighted by Gasteiger charge is -2.10. The van der Waals surface area contributed by atoms with Crippen LogP contribution in [0.1, 0.15) is 18.1 Å². The standard InChI is InChI=1S/C9H10O6/c10-5(3-8(13)14)4-1-6(11)9(15)7(12)2-4/h1-2,5,10-12,15H,3H2,(H,13,14). The van der Waals surface area contributed by atoms with E-state index in [4.69, 9.17) is 20.4 Å². The first-order valence-electron chi connectivity index (χ1n) is 4.06. The number of carboxylic acids is 1. The molecule has 0 radical (unpaired) electrons. The predicted octanol–water partition coefficient (Wildman–Crippen LogP) is 0.311. The molecule has 0 aliphatic carbocycles. The van der Waals surface area contributed by atoms with Crippen LogP contribution in [0.15, 0.2) is 12.1 Å². The molecular formula is C9H10O6. The van der Waals surface area contributed by atoms with Gasteiger partial charge in [0, 0.05) is 0 Å². The first-order valence-corrected chi connectivity index (χ1v) is 4.06. The van der Waals surface area contributed by atoms with Gasteiger partial charge in [0.2, 0.25) is 0 Å². The molecule has 0 amide bonds. The number of phenols is 3. The number of carbonyl (C=O) groups is 1. The Morgan fingerprint density at radius 3 is 2.07 bits per heavy atom. The van der Waals surface area contributed by atoms with Gasteiger partial charge in [-0.2, -0.15) is 0 Å². The van der Waals surface area contributed by atoms with Crippen LogP contribution in [0.4, 0.5) is 0 Å². The molecule has 6 nitrogen and oxygen atoms in total. The molecule has 0 heterocycles. The molecule has 1 unspecified atom stereocenters. The zero-order valence-corrected chi connectivity index (χ0v) is 7.58. The number of aliphatic carboxylic acids is 1. The number of rotatable bonds is 3. The summed E-state index contributed by atoms with van der Waals surface area (Å²) in [5.41, 5.74) is 0.0187. The molecule has 0 aromatic heterocycles. The molecule has 0 bridgehead atoms. The van der Waals surface area contributed by atoms with Crippen LogP contribution in [0.3, 0.4) is 0 Å². The minimum absolute atomic E-state index is 0.0187. The lowest BCUT2D eigenvalue weighted by atomic mass is 10.1. The van der Waals surface area contributed by atoms with Crippen LogP contribution in [0.5, 0.6) is 17.2 Å². The van der Waals surface area contributed by atoms with Crippen molar-refractivity contribution in [1.29, 1.82) is 0 Å². The largest absolute Gasteiger partial charge is 0.504 e. The summed E-state index contributed by atoms with van der Waals surface area (Å²) >= 11 is 0. The zero-order chi connectivity index (χ0) is 11.6. The summed E-state index contributed by atoms with van der Waals surface area (Å²) in [5.74, 6) is -3.15. The van der Waals surface area contributed by atoms with E-state index in [1.807, 2.05) is 0 Å². The monoisotopic (exact) mass is 214 g/mol. The molecule has 15 heavy (non-hydrogen) atoms. The second-order valence-electron chi connectivity index (χ2n) is 3.02. The third kappa shape index (κ3) is 2.50. The maximum absolute atomic E-state index is 10.3. The molecule has 0 saturated heterocycles. The highest BCUT2D eigenvalue weighted by Crippen LogP contribution is 2.37. The normalized spacial score (nSPS) is 12.3. The fourth-order valence-corrected chi connectivity index (χ4v) is 1.10. The van der Waals surface area contributed by atoms with Gasteiger partial charge in [-0.05, 0) is 17.7 Å². The second kappa shape index (κ2) is 4.05. The fourth-order valence-electron chi connectivity index (χ4n) is 1.10. The van der Waals surface area contributed by atoms with Crippen molar-refractivity contribution < 1.29 is 30.3 Å². The quantitative estimate of drug-likeness (QED) is 0.462. The van der Waals surface area contributed by atoms with Gasteiger partial charge in [0.25, 0.3) is 0 Å². The number of phenolic OH excluding ortho intramolecular Hbond substituents is 3. The van der Waals surface area contributed by atoms with Crippen molar-refractivity contribution in [3.05, 3.63) is 17.7 Å². The Morgan fingerprint density at radius 1 is 1.20 bits per heavy atom. The highest BCUT2D eigenvalue weighted by molar-refractivity contribution is 5.68. The SMILES string of the molecule is O=C(O)CC(O)c1cc(O)c(O)c(O)c1. The molecule has 6 heteroatoms. The van der Waals surface area contributed by atoms with Gasteiger partial charge in [-0.1, -0.05) is 0 Å². The summed E-state index contributed by atoms with van der Waals surface area (Å²) in [6.45, 7) is 0. The van der Waals surface area contributed by atoms with Gasteiger partial charge >= 0.3 is 5.97 Å². The van der Waals surface area contributed by atoms with Crippen LogP contribution in [-0.4, -0.2) is 31.5 Å². The van der Waals surface area contributed by atoms with Crippen LogP contribution >= 0.6 is 0 Å². The number of hydrogen-bond acceptors (Lipinski definition) is 5. The molecule has 5 N–H and O–H groups in total. The second-order valence-corrected chi connectivity index (χ2v) is 3.02. The van der Waals surface area contributed by atoms with E-state index < -0.39 is 35.7 Å². The van der Waals surface area contributed by atoms with Crippen LogP contribution in [0.25, 0.3) is 0 Å². The van der Waals surface area contributed by atoms with E-state index in [1.54, 1.807) is 0 Å². The molecule has 1 aromatic carbocycles. The van der Waals surface area contributed by atoms with Crippen molar-refractivity contribution in [3.8, 4) is 17.2 Å². The molecule has 1 atom stereocenters. The van der Waals surface area contributed by atoms with Gasteiger partial charge in [-0.3, -0.25) is 4.79 Å². The predicted molar refractivity (Wildman–Crippen MR) is 48.6 cm³/mol. The highest BCUT2D eigenvalue weighted by atomic mass is 16.4. The number of carboxylic acid groups (broad SMARTS) is 1. The van der Waals surface area contributed by atoms with Crippen molar-refractivity contribution in [2.24, 2.45) is 0 Å². The van der Waals surface area contributed by atoms with Crippen molar-refractivity contribution in [2.45, 2.75) is 12.5 Å². The number of benzene rings is 1. The van der Waals surface area contributed by atoms with Crippen LogP contribution in [-0.2, 0) is 4.79 Å². The van der Waals surface area contributed by atoms with E-state index in [-0.39, 0.29) is 5.56 Å². The van der Waals surface area contributed by atoms with Crippen LogP contribution in [0.2, 0.25) is 0 Å². The average molecular weight is 214 g/mol. The van der Waals surface area contributed by atoms with E-state index in [0.29, 0.717) is 0 Å². The van der Waals surface area contributed by atoms with E-state index >= 15 is 0 Å². The summed E-state index contributed by atoms with van der Waals surface area (Å²) in [6, 6.07) is 1.98. The molecular weight excluding hydrogens is 204 g/mol. The molecule has 0 fully saturated rings. The first kappa shape index (κ1) is 11.1. The molecule has 0 aliphatic heterocycles. The van der Waals surface area contributed by atoms with Gasteiger partial charge in [-0.25, -0.2) is 0 Å². The maximum Gasteiger partial charge on any atom is 0.306 e. The fraction of sp³-hybridized carbons (Fsp3) is 0.222. The van der Waals surface area contributed by atoms with Crippen molar-refractivity contribution in [1.82, 2.24) is 0 Å². The summed E-state index contributed by atoms with van der Waals surface area (Å²) in [5, 5.41) is 44.9. The molecule has 82 valence electrons. The molecule has 0 spiro atoms. The van der Waals surface area contributed by atoms with E-state index in [9.17, 15) is 9.90 Å². The van der Waals surface area contributed by atoms with E-state index in [1.165, 1.54) is 0 Å². The summed E-state index contributed by atoms with van der Waals surface area (Å²) in [7, 11) is 0. The minimum Gasteiger partial charge on any atom is -0.504 e. The Morgan fingerprint density at radius 2 is 1.67 bits per heavy atom. The van der Waals surface area contributed by atoms with Crippen molar-refractivity contribution in [3.63, 3.8) is 0 Å². The van der Waals surface area contributed by atoms with Crippen molar-refractivity contribution in [2.75, 3.05) is 0 Å². The number of aliphatic hydroxyl groups excluding tert-OH is 1. The Bertz CT molecular complexity index is 363. The molecule has 0 aliphatic rings. The summed E-state index contributed by atoms with van der Waals surface area (Å²) in [4.78, 5) is 10.3. The lowest BCUT2D eigenvalue weighted by molar-refractivity contribution is -0.139. The Kier molecular flexibility index (Phi) is 3.01. The van der Waals surface area contributed by atoms with E-state index in [0.717, 1.165) is 12.1 Å². The molecule has 1 rings (SSSR count). The van der Waals surface area contributed by atoms with Crippen LogP contribution in [0, 0.1) is 0 Å². The first-order chi connectivity index (χ1) is 6.91. The Balaban J connectivity index is 3.00. The number of aliphatic hydroxyl groups is 1. The minimum atomic E-state index is -1.35. The van der Waals surface area contributed by atoms with Gasteiger partial charge in [0.15, 0.2) is 17.2 Å². The van der Waals surface area contributed by atoms with Crippen LogP contribution < -0.4 is 0 Å². The van der Waals surface area contributed by atoms with Gasteiger partial charge in [-0.15, -0.1) is 0 Å². The Labute approximate surface area is 84.7 Å². The molecule has 0 saturated carbocycles. The van der Waals surface area contributed by atoms with Gasteiger partial charge in [0.05, 0.1) is 12.5 Å². The topological polar surface area (TPSA) is 118 Å². The zero-order valence-electron chi connectivity index (χ0n) is 7.58.